The van der Waals surface area contributed by atoms with E-state index in [1.54, 1.807) is 54.7 Å². The summed E-state index contributed by atoms with van der Waals surface area (Å²) >= 11 is 3.36. The molecule has 0 aliphatic rings. The Kier molecular flexibility index (Phi) is 5.07. The molecule has 3 rings (SSSR count). The molecule has 0 unspecified atom stereocenters. The number of hydrogen-bond acceptors (Lipinski definition) is 4. The van der Waals surface area contributed by atoms with Gasteiger partial charge in [-0.25, -0.2) is 4.98 Å². The maximum atomic E-state index is 12.6. The van der Waals surface area contributed by atoms with Crippen molar-refractivity contribution in [2.75, 3.05) is 5.32 Å². The van der Waals surface area contributed by atoms with Crippen LogP contribution in [0.25, 0.3) is 0 Å². The van der Waals surface area contributed by atoms with Crippen LogP contribution in [-0.2, 0) is 0 Å². The minimum Gasteiger partial charge on any atom is -0.438 e. The number of rotatable bonds is 4. The van der Waals surface area contributed by atoms with E-state index in [0.29, 0.717) is 22.6 Å². The molecule has 0 spiro atoms. The summed E-state index contributed by atoms with van der Waals surface area (Å²) in [7, 11) is 0. The number of carbonyl (C=O) groups excluding carboxylic acids is 1. The monoisotopic (exact) mass is 393 g/mol. The van der Waals surface area contributed by atoms with Gasteiger partial charge in [-0.05, 0) is 54.6 Å². The number of nitrogens with one attached hydrogen (secondary N) is 1. The molecule has 25 heavy (non-hydrogen) atoms. The SMILES string of the molecule is N#Cc1cccc(NC(=O)c2cccnc2Oc2ccc(Br)cc2)c1. The minimum absolute atomic E-state index is 0.207. The first-order valence-electron chi connectivity index (χ1n) is 7.35. The molecule has 0 radical (unpaired) electrons. The average Bonchev–Trinajstić information content (AvgIpc) is 2.64. The van der Waals surface area contributed by atoms with Crippen LogP contribution < -0.4 is 10.1 Å². The van der Waals surface area contributed by atoms with Gasteiger partial charge in [0.05, 0.1) is 11.6 Å². The maximum absolute atomic E-state index is 12.6. The normalized spacial score (nSPS) is 9.92. The van der Waals surface area contributed by atoms with E-state index >= 15 is 0 Å². The number of ether oxygens (including phenoxy) is 1. The van der Waals surface area contributed by atoms with Crippen LogP contribution in [0.5, 0.6) is 11.6 Å². The number of amides is 1. The summed E-state index contributed by atoms with van der Waals surface area (Å²) in [5, 5.41) is 11.7. The molecule has 1 aromatic heterocycles. The fourth-order valence-electron chi connectivity index (χ4n) is 2.12. The zero-order valence-corrected chi connectivity index (χ0v) is 14.5. The van der Waals surface area contributed by atoms with Crippen molar-refractivity contribution in [3.63, 3.8) is 0 Å². The lowest BCUT2D eigenvalue weighted by Gasteiger charge is -2.10. The van der Waals surface area contributed by atoms with Crippen molar-refractivity contribution in [1.29, 1.82) is 5.26 Å². The molecule has 0 aliphatic carbocycles. The zero-order valence-electron chi connectivity index (χ0n) is 12.9. The van der Waals surface area contributed by atoms with Gasteiger partial charge in [-0.15, -0.1) is 0 Å². The third-order valence-electron chi connectivity index (χ3n) is 3.29. The molecule has 0 saturated carbocycles. The van der Waals surface area contributed by atoms with E-state index in [1.165, 1.54) is 0 Å². The maximum Gasteiger partial charge on any atom is 0.261 e. The Morgan fingerprint density at radius 2 is 1.92 bits per heavy atom. The van der Waals surface area contributed by atoms with Gasteiger partial charge in [0.1, 0.15) is 11.3 Å². The molecule has 5 nitrogen and oxygen atoms in total. The lowest BCUT2D eigenvalue weighted by molar-refractivity contribution is 0.102. The topological polar surface area (TPSA) is 75.0 Å². The van der Waals surface area contributed by atoms with Crippen LogP contribution >= 0.6 is 15.9 Å². The highest BCUT2D eigenvalue weighted by atomic mass is 79.9. The van der Waals surface area contributed by atoms with Crippen LogP contribution in [0.3, 0.4) is 0 Å². The van der Waals surface area contributed by atoms with E-state index in [1.807, 2.05) is 18.2 Å². The van der Waals surface area contributed by atoms with Crippen molar-refractivity contribution >= 4 is 27.5 Å². The third-order valence-corrected chi connectivity index (χ3v) is 3.82. The molecule has 0 fully saturated rings. The number of hydrogen-bond donors (Lipinski definition) is 1. The van der Waals surface area contributed by atoms with Gasteiger partial charge < -0.3 is 10.1 Å². The minimum atomic E-state index is -0.365. The van der Waals surface area contributed by atoms with Crippen LogP contribution in [0.2, 0.25) is 0 Å². The first kappa shape index (κ1) is 16.7. The van der Waals surface area contributed by atoms with E-state index in [4.69, 9.17) is 10.00 Å². The number of benzene rings is 2. The van der Waals surface area contributed by atoms with Crippen LogP contribution in [0.15, 0.2) is 71.3 Å². The largest absolute Gasteiger partial charge is 0.438 e. The van der Waals surface area contributed by atoms with Crippen molar-refractivity contribution in [3.8, 4) is 17.7 Å². The van der Waals surface area contributed by atoms with Gasteiger partial charge in [-0.3, -0.25) is 4.79 Å². The predicted molar refractivity (Wildman–Crippen MR) is 97.6 cm³/mol. The van der Waals surface area contributed by atoms with Crippen LogP contribution in [0.1, 0.15) is 15.9 Å². The summed E-state index contributed by atoms with van der Waals surface area (Å²) in [6.07, 6.45) is 1.56. The molecule has 2 aromatic carbocycles. The first-order valence-corrected chi connectivity index (χ1v) is 8.15. The highest BCUT2D eigenvalue weighted by Crippen LogP contribution is 2.25. The Labute approximate surface area is 153 Å². The second kappa shape index (κ2) is 7.60. The van der Waals surface area contributed by atoms with E-state index in [-0.39, 0.29) is 11.8 Å². The van der Waals surface area contributed by atoms with Crippen molar-refractivity contribution in [2.24, 2.45) is 0 Å². The van der Waals surface area contributed by atoms with Crippen LogP contribution in [0, 0.1) is 11.3 Å². The lowest BCUT2D eigenvalue weighted by atomic mass is 10.2. The Hall–Kier alpha value is -3.17. The van der Waals surface area contributed by atoms with Gasteiger partial charge in [-0.1, -0.05) is 22.0 Å². The number of nitriles is 1. The molecule has 0 saturated heterocycles. The summed E-state index contributed by atoms with van der Waals surface area (Å²) < 4.78 is 6.65. The molecule has 0 aliphatic heterocycles. The number of aromatic nitrogens is 1. The molecule has 1 amide bonds. The molecule has 0 atom stereocenters. The number of carbonyl (C=O) groups is 1. The molecule has 122 valence electrons. The quantitative estimate of drug-likeness (QED) is 0.692. The number of anilines is 1. The summed E-state index contributed by atoms with van der Waals surface area (Å²) in [4.78, 5) is 16.7. The fourth-order valence-corrected chi connectivity index (χ4v) is 2.39. The highest BCUT2D eigenvalue weighted by molar-refractivity contribution is 9.10. The van der Waals surface area contributed by atoms with E-state index in [2.05, 4.69) is 26.2 Å². The molecule has 1 N–H and O–H groups in total. The van der Waals surface area contributed by atoms with Gasteiger partial charge in [0.15, 0.2) is 0 Å². The van der Waals surface area contributed by atoms with Gasteiger partial charge in [0, 0.05) is 16.4 Å². The Morgan fingerprint density at radius 3 is 2.68 bits per heavy atom. The van der Waals surface area contributed by atoms with Gasteiger partial charge >= 0.3 is 0 Å². The highest BCUT2D eigenvalue weighted by Gasteiger charge is 2.14. The molecular weight excluding hydrogens is 382 g/mol. The van der Waals surface area contributed by atoms with Crippen molar-refractivity contribution in [1.82, 2.24) is 4.98 Å². The number of halogens is 1. The number of nitrogens with zero attached hydrogens (tertiary/aromatic N) is 2. The Balaban J connectivity index is 1.83. The van der Waals surface area contributed by atoms with Gasteiger partial charge in [-0.2, -0.15) is 5.26 Å². The predicted octanol–water partition coefficient (Wildman–Crippen LogP) is 4.76. The smallest absolute Gasteiger partial charge is 0.261 e. The second-order valence-corrected chi connectivity index (χ2v) is 5.97. The molecule has 1 heterocycles. The van der Waals surface area contributed by atoms with Crippen LogP contribution in [0.4, 0.5) is 5.69 Å². The van der Waals surface area contributed by atoms with E-state index in [0.717, 1.165) is 4.47 Å². The third kappa shape index (κ3) is 4.22. The van der Waals surface area contributed by atoms with E-state index in [9.17, 15) is 4.79 Å². The summed E-state index contributed by atoms with van der Waals surface area (Å²) in [6.45, 7) is 0. The van der Waals surface area contributed by atoms with Crippen LogP contribution in [-0.4, -0.2) is 10.9 Å². The van der Waals surface area contributed by atoms with E-state index < -0.39 is 0 Å². The summed E-state index contributed by atoms with van der Waals surface area (Å²) in [6, 6.07) is 19.2. The van der Waals surface area contributed by atoms with Gasteiger partial charge in [0.25, 0.3) is 5.91 Å². The fraction of sp³-hybridized carbons (Fsp3) is 0. The number of pyridine rings is 1. The molecule has 3 aromatic rings. The van der Waals surface area contributed by atoms with Crippen molar-refractivity contribution < 1.29 is 9.53 Å². The van der Waals surface area contributed by atoms with Gasteiger partial charge in [0.2, 0.25) is 5.88 Å². The lowest BCUT2D eigenvalue weighted by Crippen LogP contribution is -2.13. The molecule has 6 heteroatoms. The molecular formula is C19H12BrN3O2. The van der Waals surface area contributed by atoms with Crippen molar-refractivity contribution in [2.45, 2.75) is 0 Å². The van der Waals surface area contributed by atoms with Crippen molar-refractivity contribution in [3.05, 3.63) is 82.5 Å². The Bertz CT molecular complexity index is 949. The average molecular weight is 394 g/mol. The summed E-state index contributed by atoms with van der Waals surface area (Å²) in [5.74, 6) is 0.413. The zero-order chi connectivity index (χ0) is 17.6. The molecule has 0 bridgehead atoms. The standard InChI is InChI=1S/C19H12BrN3O2/c20-14-6-8-16(9-7-14)25-19-17(5-2-10-22-19)18(24)23-15-4-1-3-13(11-15)12-21/h1-11H,(H,23,24). The second-order valence-electron chi connectivity index (χ2n) is 5.06. The first-order chi connectivity index (χ1) is 12.2. The Morgan fingerprint density at radius 1 is 1.12 bits per heavy atom. The summed E-state index contributed by atoms with van der Waals surface area (Å²) in [5.41, 5.74) is 1.30.